The van der Waals surface area contributed by atoms with Gasteiger partial charge in [0.1, 0.15) is 11.5 Å². The van der Waals surface area contributed by atoms with Crippen LogP contribution in [0.15, 0.2) is 66.7 Å². The van der Waals surface area contributed by atoms with E-state index >= 15 is 0 Å². The maximum atomic E-state index is 13.9. The summed E-state index contributed by atoms with van der Waals surface area (Å²) in [6.45, 7) is 3.57. The van der Waals surface area contributed by atoms with Crippen molar-refractivity contribution in [2.45, 2.75) is 75.1 Å². The monoisotopic (exact) mass is 747 g/mol. The average Bonchev–Trinajstić information content (AvgIpc) is 3.25. The molecule has 276 valence electrons. The number of sulfonamides is 1. The number of anilines is 2. The van der Waals surface area contributed by atoms with Crippen molar-refractivity contribution in [3.63, 3.8) is 0 Å². The molecule has 2 aliphatic heterocycles. The van der Waals surface area contributed by atoms with Crippen LogP contribution in [-0.2, 0) is 26.7 Å². The first-order valence-corrected chi connectivity index (χ1v) is 20.0. The maximum Gasteiger partial charge on any atom is 0.264 e. The lowest BCUT2D eigenvalue weighted by molar-refractivity contribution is -0.116. The number of fused-ring (bicyclic) bond motifs is 4. The van der Waals surface area contributed by atoms with Gasteiger partial charge in [-0.1, -0.05) is 35.9 Å². The molecule has 1 saturated carbocycles. The fourth-order valence-corrected chi connectivity index (χ4v) is 9.93. The number of methoxy groups -OCH3 is 1. The Hall–Kier alpha value is -4.06. The molecule has 7 rings (SSSR count). The van der Waals surface area contributed by atoms with Crippen molar-refractivity contribution in [2.75, 3.05) is 37.0 Å². The third-order valence-corrected chi connectivity index (χ3v) is 13.4. The zero-order valence-corrected chi connectivity index (χ0v) is 31.1. The number of carbonyl (C=O) groups excluding carboxylic acids is 2. The number of nitrogens with zero attached hydrogens (tertiary/aromatic N) is 1. The van der Waals surface area contributed by atoms with E-state index in [-0.39, 0.29) is 35.7 Å². The second-order valence-corrected chi connectivity index (χ2v) is 17.2. The van der Waals surface area contributed by atoms with Crippen LogP contribution >= 0.6 is 11.6 Å². The molecule has 4 aliphatic rings. The minimum absolute atomic E-state index is 0.0352. The van der Waals surface area contributed by atoms with E-state index in [1.807, 2.05) is 13.0 Å². The van der Waals surface area contributed by atoms with Gasteiger partial charge in [0, 0.05) is 47.3 Å². The SMILES string of the molecule is COc1ccc(C)c(NC(=O)C[C@H]2CC/C=C/[C@H](O)[C@@H]3CC[C@H]3CN3C[C@@]4(CCCc5cc(Cl)ccc54)COc4ccc(cc43)C(=O)NS2(=O)=O)c1. The number of allylic oxidation sites excluding steroid dienone is 1. The normalized spacial score (nSPS) is 27.5. The lowest BCUT2D eigenvalue weighted by atomic mass is 9.68. The molecule has 3 N–H and O–H groups in total. The molecule has 2 aliphatic carbocycles. The van der Waals surface area contributed by atoms with Crippen LogP contribution in [0.1, 0.15) is 72.0 Å². The van der Waals surface area contributed by atoms with E-state index in [9.17, 15) is 23.1 Å². The number of aliphatic hydroxyl groups excluding tert-OH is 1. The number of aliphatic hydroxyl groups is 1. The number of hydrogen-bond donors (Lipinski definition) is 3. The van der Waals surface area contributed by atoms with Crippen molar-refractivity contribution in [1.29, 1.82) is 0 Å². The first kappa shape index (κ1) is 36.3. The smallest absolute Gasteiger partial charge is 0.264 e. The van der Waals surface area contributed by atoms with Gasteiger partial charge in [-0.05, 0) is 117 Å². The number of benzene rings is 3. The molecule has 12 heteroatoms. The molecular formula is C40H46ClN3O7S. The van der Waals surface area contributed by atoms with Gasteiger partial charge in [0.25, 0.3) is 5.91 Å². The van der Waals surface area contributed by atoms with E-state index in [1.54, 1.807) is 48.6 Å². The molecule has 3 aromatic carbocycles. The highest BCUT2D eigenvalue weighted by atomic mass is 35.5. The maximum absolute atomic E-state index is 13.9. The van der Waals surface area contributed by atoms with Gasteiger partial charge in [-0.15, -0.1) is 0 Å². The average molecular weight is 748 g/mol. The van der Waals surface area contributed by atoms with Crippen LogP contribution in [0.5, 0.6) is 11.5 Å². The van der Waals surface area contributed by atoms with Gasteiger partial charge in [0.15, 0.2) is 0 Å². The second kappa shape index (κ2) is 14.8. The zero-order valence-electron chi connectivity index (χ0n) is 29.6. The molecule has 2 amide bonds. The summed E-state index contributed by atoms with van der Waals surface area (Å²) in [5.41, 5.74) is 4.31. The number of nitrogens with one attached hydrogen (secondary N) is 2. The van der Waals surface area contributed by atoms with Crippen molar-refractivity contribution in [3.8, 4) is 11.5 Å². The van der Waals surface area contributed by atoms with Crippen LogP contribution in [0.4, 0.5) is 11.4 Å². The fraction of sp³-hybridized carbons (Fsp3) is 0.450. The van der Waals surface area contributed by atoms with Crippen LogP contribution in [0.2, 0.25) is 5.02 Å². The highest BCUT2D eigenvalue weighted by Gasteiger charge is 2.44. The molecule has 5 atom stereocenters. The van der Waals surface area contributed by atoms with Crippen LogP contribution in [0.25, 0.3) is 0 Å². The first-order valence-electron chi connectivity index (χ1n) is 18.1. The fourth-order valence-electron chi connectivity index (χ4n) is 8.38. The van der Waals surface area contributed by atoms with Crippen molar-refractivity contribution in [1.82, 2.24) is 4.72 Å². The quantitative estimate of drug-likeness (QED) is 0.264. The number of hydrogen-bond acceptors (Lipinski definition) is 8. The lowest BCUT2D eigenvalue weighted by Gasteiger charge is -2.45. The van der Waals surface area contributed by atoms with Crippen LogP contribution in [0, 0.1) is 18.8 Å². The Morgan fingerprint density at radius 3 is 2.77 bits per heavy atom. The largest absolute Gasteiger partial charge is 0.497 e. The molecule has 1 fully saturated rings. The van der Waals surface area contributed by atoms with Gasteiger partial charge in [-0.2, -0.15) is 0 Å². The number of halogens is 1. The Kier molecular flexibility index (Phi) is 10.3. The summed E-state index contributed by atoms with van der Waals surface area (Å²) < 4.78 is 41.9. The number of amides is 2. The molecule has 52 heavy (non-hydrogen) atoms. The molecule has 0 unspecified atom stereocenters. The van der Waals surface area contributed by atoms with Gasteiger partial charge in [-0.25, -0.2) is 13.1 Å². The summed E-state index contributed by atoms with van der Waals surface area (Å²) in [4.78, 5) is 29.4. The Balaban J connectivity index is 1.21. The minimum atomic E-state index is -4.32. The van der Waals surface area contributed by atoms with Crippen molar-refractivity contribution in [3.05, 3.63) is 94.0 Å². The summed E-state index contributed by atoms with van der Waals surface area (Å²) in [5.74, 6) is 0.140. The van der Waals surface area contributed by atoms with Crippen LogP contribution < -0.4 is 24.4 Å². The van der Waals surface area contributed by atoms with Crippen molar-refractivity contribution < 1.29 is 32.6 Å². The Labute approximate surface area is 310 Å². The zero-order chi connectivity index (χ0) is 36.6. The predicted molar refractivity (Wildman–Crippen MR) is 202 cm³/mol. The molecule has 2 heterocycles. The molecule has 1 spiro atoms. The molecule has 0 aromatic heterocycles. The third-order valence-electron chi connectivity index (χ3n) is 11.5. The van der Waals surface area contributed by atoms with E-state index in [4.69, 9.17) is 21.1 Å². The van der Waals surface area contributed by atoms with Gasteiger partial charge in [0.2, 0.25) is 15.9 Å². The predicted octanol–water partition coefficient (Wildman–Crippen LogP) is 6.32. The molecule has 0 saturated heterocycles. The van der Waals surface area contributed by atoms with E-state index < -0.39 is 33.2 Å². The van der Waals surface area contributed by atoms with Crippen molar-refractivity contribution >= 4 is 44.8 Å². The summed E-state index contributed by atoms with van der Waals surface area (Å²) in [7, 11) is -2.79. The standard InChI is InChI=1S/C40H46ClN3O7S/c1-25-9-13-30(50-2)20-34(25)42-38(46)21-31-7-3-4-8-36(45)32-14-10-28(32)22-44-23-40(17-5-6-26-18-29(41)12-15-33(26)40)24-51-37-16-11-27(19-35(37)44)39(47)43-52(31,48)49/h4,8-9,11-13,15-16,18-20,28,31-32,36,45H,3,5-7,10,14,17,21-24H2,1-2H3,(H,42,46)(H,43,47)/b8-4+/t28-,31+,32+,36-,40-/m0/s1. The highest BCUT2D eigenvalue weighted by molar-refractivity contribution is 7.90. The molecule has 2 bridgehead atoms. The van der Waals surface area contributed by atoms with Crippen LogP contribution in [-0.4, -0.2) is 63.5 Å². The number of rotatable bonds is 4. The Morgan fingerprint density at radius 2 is 1.98 bits per heavy atom. The summed E-state index contributed by atoms with van der Waals surface area (Å²) >= 11 is 6.42. The summed E-state index contributed by atoms with van der Waals surface area (Å²) in [6, 6.07) is 16.4. The summed E-state index contributed by atoms with van der Waals surface area (Å²) in [5, 5.41) is 13.6. The van der Waals surface area contributed by atoms with E-state index in [0.717, 1.165) is 43.4 Å². The van der Waals surface area contributed by atoms with E-state index in [0.29, 0.717) is 48.3 Å². The van der Waals surface area contributed by atoms with E-state index in [2.05, 4.69) is 27.1 Å². The van der Waals surface area contributed by atoms with Crippen LogP contribution in [0.3, 0.4) is 0 Å². The Bertz CT molecular complexity index is 2000. The van der Waals surface area contributed by atoms with Gasteiger partial charge in [-0.3, -0.25) is 9.59 Å². The number of carbonyl (C=O) groups is 2. The van der Waals surface area contributed by atoms with E-state index in [1.165, 1.54) is 18.2 Å². The molecular weight excluding hydrogens is 702 g/mol. The number of ether oxygens (including phenoxy) is 2. The molecule has 3 aromatic rings. The van der Waals surface area contributed by atoms with Gasteiger partial charge < -0.3 is 24.8 Å². The highest BCUT2D eigenvalue weighted by Crippen LogP contribution is 2.47. The molecule has 0 radical (unpaired) electrons. The lowest BCUT2D eigenvalue weighted by Crippen LogP contribution is -2.49. The van der Waals surface area contributed by atoms with Gasteiger partial charge in [0.05, 0.1) is 30.8 Å². The van der Waals surface area contributed by atoms with Crippen molar-refractivity contribution in [2.24, 2.45) is 11.8 Å². The topological polar surface area (TPSA) is 134 Å². The summed E-state index contributed by atoms with van der Waals surface area (Å²) in [6.07, 6.45) is 7.54. The second-order valence-electron chi connectivity index (χ2n) is 14.8. The minimum Gasteiger partial charge on any atom is -0.497 e. The van der Waals surface area contributed by atoms with Gasteiger partial charge >= 0.3 is 0 Å². The third kappa shape index (κ3) is 7.40. The molecule has 10 nitrogen and oxygen atoms in total. The number of aryl methyl sites for hydroxylation is 2. The Morgan fingerprint density at radius 1 is 1.13 bits per heavy atom. The first-order chi connectivity index (χ1) is 24.9.